The molecule has 2 bridgehead atoms. The van der Waals surface area contributed by atoms with Crippen molar-refractivity contribution in [3.05, 3.63) is 12.2 Å². The van der Waals surface area contributed by atoms with Gasteiger partial charge in [-0.2, -0.15) is 0 Å². The van der Waals surface area contributed by atoms with E-state index in [1.165, 1.54) is 5.57 Å². The number of allylic oxidation sites excluding steroid dienone is 1. The summed E-state index contributed by atoms with van der Waals surface area (Å²) in [6.07, 6.45) is 8.45. The van der Waals surface area contributed by atoms with Crippen molar-refractivity contribution in [1.82, 2.24) is 0 Å². The molecule has 0 radical (unpaired) electrons. The molecule has 3 nitrogen and oxygen atoms in total. The summed E-state index contributed by atoms with van der Waals surface area (Å²) in [6.45, 7) is 8.43. The van der Waals surface area contributed by atoms with E-state index in [2.05, 4.69) is 13.5 Å². The van der Waals surface area contributed by atoms with Crippen LogP contribution in [0.15, 0.2) is 12.2 Å². The zero-order valence-corrected chi connectivity index (χ0v) is 14.5. The van der Waals surface area contributed by atoms with Gasteiger partial charge in [-0.25, -0.2) is 0 Å². The summed E-state index contributed by atoms with van der Waals surface area (Å²) in [7, 11) is 0. The molecule has 4 rings (SSSR count). The third-order valence-corrected chi connectivity index (χ3v) is 8.79. The third-order valence-electron chi connectivity index (χ3n) is 8.79. The first-order chi connectivity index (χ1) is 10.7. The summed E-state index contributed by atoms with van der Waals surface area (Å²) in [5.41, 5.74) is -0.367. The Morgan fingerprint density at radius 3 is 2.61 bits per heavy atom. The number of fused-ring (bicyclic) bond motifs is 3. The van der Waals surface area contributed by atoms with Gasteiger partial charge in [-0.05, 0) is 70.1 Å². The molecule has 0 aliphatic heterocycles. The molecule has 0 aromatic rings. The van der Waals surface area contributed by atoms with Crippen molar-refractivity contribution >= 4 is 5.97 Å². The first-order valence-corrected chi connectivity index (χ1v) is 9.32. The fourth-order valence-electron chi connectivity index (χ4n) is 7.51. The SMILES string of the molecule is C=C1CC23CCC4C(C)(C(=O)O)CCCC4(C)C2(O)CCC1C3. The molecule has 128 valence electrons. The van der Waals surface area contributed by atoms with Crippen LogP contribution in [0.4, 0.5) is 0 Å². The standard InChI is InChI=1S/C20H30O3/c1-13-11-19-9-6-15-17(2,16(21)22)7-4-8-18(15,3)20(19,23)10-5-14(13)12-19/h14-15,23H,1,4-12H2,2-3H3,(H,21,22). The lowest BCUT2D eigenvalue weighted by molar-refractivity contribution is -0.262. The van der Waals surface area contributed by atoms with Crippen LogP contribution in [0.5, 0.6) is 0 Å². The minimum Gasteiger partial charge on any atom is -0.481 e. The van der Waals surface area contributed by atoms with Crippen LogP contribution in [0, 0.1) is 28.1 Å². The highest BCUT2D eigenvalue weighted by Crippen LogP contribution is 2.73. The summed E-state index contributed by atoms with van der Waals surface area (Å²) in [5.74, 6) is 0.00431. The summed E-state index contributed by atoms with van der Waals surface area (Å²) in [4.78, 5) is 12.1. The Balaban J connectivity index is 1.82. The number of hydrogen-bond acceptors (Lipinski definition) is 2. The monoisotopic (exact) mass is 318 g/mol. The molecule has 6 unspecified atom stereocenters. The fraction of sp³-hybridized carbons (Fsp3) is 0.850. The minimum atomic E-state index is -0.712. The smallest absolute Gasteiger partial charge is 0.309 e. The van der Waals surface area contributed by atoms with Crippen LogP contribution < -0.4 is 0 Å². The van der Waals surface area contributed by atoms with E-state index in [1.807, 2.05) is 6.92 Å². The van der Waals surface area contributed by atoms with E-state index in [0.717, 1.165) is 57.8 Å². The summed E-state index contributed by atoms with van der Waals surface area (Å²) in [5, 5.41) is 21.9. The highest BCUT2D eigenvalue weighted by Gasteiger charge is 2.72. The van der Waals surface area contributed by atoms with Crippen molar-refractivity contribution in [2.75, 3.05) is 0 Å². The molecule has 1 spiro atoms. The van der Waals surface area contributed by atoms with Crippen molar-refractivity contribution in [3.8, 4) is 0 Å². The Labute approximate surface area is 139 Å². The Morgan fingerprint density at radius 2 is 1.91 bits per heavy atom. The predicted octanol–water partition coefficient (Wildman–Crippen LogP) is 4.16. The van der Waals surface area contributed by atoms with Crippen LogP contribution in [0.3, 0.4) is 0 Å². The van der Waals surface area contributed by atoms with Gasteiger partial charge in [0.05, 0.1) is 11.0 Å². The fourth-order valence-corrected chi connectivity index (χ4v) is 7.51. The molecule has 0 saturated heterocycles. The van der Waals surface area contributed by atoms with E-state index in [9.17, 15) is 15.0 Å². The third kappa shape index (κ3) is 1.63. The van der Waals surface area contributed by atoms with Gasteiger partial charge < -0.3 is 10.2 Å². The number of carboxylic acids is 1. The average Bonchev–Trinajstić information content (AvgIpc) is 2.75. The molecule has 0 aromatic heterocycles. The largest absolute Gasteiger partial charge is 0.481 e. The highest BCUT2D eigenvalue weighted by atomic mass is 16.4. The maximum absolute atomic E-state index is 12.1. The molecule has 0 heterocycles. The van der Waals surface area contributed by atoms with Crippen molar-refractivity contribution in [3.63, 3.8) is 0 Å². The first kappa shape index (κ1) is 15.7. The zero-order valence-electron chi connectivity index (χ0n) is 14.5. The van der Waals surface area contributed by atoms with Crippen molar-refractivity contribution in [2.45, 2.75) is 77.2 Å². The molecule has 0 aromatic carbocycles. The number of aliphatic carboxylic acids is 1. The van der Waals surface area contributed by atoms with E-state index in [1.54, 1.807) is 0 Å². The van der Waals surface area contributed by atoms with E-state index in [-0.39, 0.29) is 16.7 Å². The minimum absolute atomic E-state index is 0.0327. The summed E-state index contributed by atoms with van der Waals surface area (Å²) in [6, 6.07) is 0. The molecule has 23 heavy (non-hydrogen) atoms. The van der Waals surface area contributed by atoms with Gasteiger partial charge in [-0.3, -0.25) is 4.79 Å². The van der Waals surface area contributed by atoms with E-state index < -0.39 is 17.0 Å². The number of aliphatic hydroxyl groups is 1. The zero-order chi connectivity index (χ0) is 16.7. The second-order valence-corrected chi connectivity index (χ2v) is 9.50. The van der Waals surface area contributed by atoms with Crippen molar-refractivity contribution in [2.24, 2.45) is 28.1 Å². The average molecular weight is 318 g/mol. The van der Waals surface area contributed by atoms with E-state index in [4.69, 9.17) is 0 Å². The van der Waals surface area contributed by atoms with Gasteiger partial charge in [0.1, 0.15) is 0 Å². The molecule has 3 heteroatoms. The van der Waals surface area contributed by atoms with Gasteiger partial charge in [0.25, 0.3) is 0 Å². The Bertz CT molecular complexity index is 583. The maximum atomic E-state index is 12.1. The normalized spacial score (nSPS) is 55.2. The number of hydrogen-bond donors (Lipinski definition) is 2. The Morgan fingerprint density at radius 1 is 1.17 bits per heavy atom. The molecule has 0 amide bonds. The second-order valence-electron chi connectivity index (χ2n) is 9.50. The van der Waals surface area contributed by atoms with Gasteiger partial charge in [-0.15, -0.1) is 0 Å². The maximum Gasteiger partial charge on any atom is 0.309 e. The van der Waals surface area contributed by atoms with Crippen molar-refractivity contribution < 1.29 is 15.0 Å². The van der Waals surface area contributed by atoms with Crippen LogP contribution in [0.2, 0.25) is 0 Å². The van der Waals surface area contributed by atoms with Crippen LogP contribution in [0.25, 0.3) is 0 Å². The molecule has 6 atom stereocenters. The number of carbonyl (C=O) groups is 1. The molecule has 4 aliphatic carbocycles. The first-order valence-electron chi connectivity index (χ1n) is 9.32. The van der Waals surface area contributed by atoms with Crippen LogP contribution in [0.1, 0.15) is 71.6 Å². The predicted molar refractivity (Wildman–Crippen MR) is 88.9 cm³/mol. The van der Waals surface area contributed by atoms with Gasteiger partial charge in [0, 0.05) is 10.8 Å². The lowest BCUT2D eigenvalue weighted by Gasteiger charge is -2.67. The topological polar surface area (TPSA) is 57.5 Å². The molecule has 2 N–H and O–H groups in total. The van der Waals surface area contributed by atoms with Gasteiger partial charge in [-0.1, -0.05) is 25.5 Å². The molecule has 4 aliphatic rings. The van der Waals surface area contributed by atoms with E-state index >= 15 is 0 Å². The lowest BCUT2D eigenvalue weighted by Crippen LogP contribution is -2.68. The summed E-state index contributed by atoms with van der Waals surface area (Å²) < 4.78 is 0. The number of carboxylic acid groups (broad SMARTS) is 1. The van der Waals surface area contributed by atoms with Crippen molar-refractivity contribution in [1.29, 1.82) is 0 Å². The quantitative estimate of drug-likeness (QED) is 0.714. The Hall–Kier alpha value is -0.830. The Kier molecular flexibility index (Phi) is 3.01. The van der Waals surface area contributed by atoms with Crippen LogP contribution in [-0.2, 0) is 4.79 Å². The molecule has 4 saturated carbocycles. The lowest BCUT2D eigenvalue weighted by atomic mass is 9.39. The number of rotatable bonds is 1. The van der Waals surface area contributed by atoms with Gasteiger partial charge in [0.15, 0.2) is 0 Å². The molecular formula is C20H30O3. The van der Waals surface area contributed by atoms with Crippen LogP contribution in [-0.4, -0.2) is 21.8 Å². The van der Waals surface area contributed by atoms with Gasteiger partial charge >= 0.3 is 5.97 Å². The van der Waals surface area contributed by atoms with Gasteiger partial charge in [0.2, 0.25) is 0 Å². The molecule has 4 fully saturated rings. The van der Waals surface area contributed by atoms with E-state index in [0.29, 0.717) is 5.92 Å². The second kappa shape index (κ2) is 4.41. The molecular weight excluding hydrogens is 288 g/mol. The highest BCUT2D eigenvalue weighted by molar-refractivity contribution is 5.75. The van der Waals surface area contributed by atoms with Crippen LogP contribution >= 0.6 is 0 Å². The summed E-state index contributed by atoms with van der Waals surface area (Å²) >= 11 is 0.